The number of hydrogen-bond acceptors (Lipinski definition) is 5. The number of hydrogen-bond donors (Lipinski definition) is 0. The van der Waals surface area contributed by atoms with Crippen molar-refractivity contribution in [2.75, 3.05) is 6.79 Å². The van der Waals surface area contributed by atoms with Crippen LogP contribution < -0.4 is 9.47 Å². The molecule has 0 fully saturated rings. The van der Waals surface area contributed by atoms with Gasteiger partial charge in [-0.1, -0.05) is 0 Å². The Hall–Kier alpha value is -2.98. The highest BCUT2D eigenvalue weighted by atomic mass is 19.4. The lowest BCUT2D eigenvalue weighted by Crippen LogP contribution is -2.08. The molecule has 0 N–H and O–H groups in total. The fourth-order valence-corrected chi connectivity index (χ4v) is 2.46. The van der Waals surface area contributed by atoms with Crippen molar-refractivity contribution in [1.82, 2.24) is 19.6 Å². The van der Waals surface area contributed by atoms with Gasteiger partial charge >= 0.3 is 6.18 Å². The number of aryl methyl sites for hydroxylation is 1. The zero-order valence-electron chi connectivity index (χ0n) is 12.4. The normalized spacial score (nSPS) is 13.7. The molecule has 2 aromatic heterocycles. The summed E-state index contributed by atoms with van der Waals surface area (Å²) >= 11 is 0. The summed E-state index contributed by atoms with van der Waals surface area (Å²) in [6.45, 7) is 1.19. The zero-order chi connectivity index (χ0) is 17.9. The van der Waals surface area contributed by atoms with Gasteiger partial charge in [-0.2, -0.15) is 27.1 Å². The SMILES string of the molecule is Cc1cc(-c2cc3c(c(F)c2F)OCO3)n2nc(C(F)(F)F)nc2n1. The second-order valence-electron chi connectivity index (χ2n) is 5.21. The number of nitrogens with zero attached hydrogens (tertiary/aromatic N) is 4. The number of benzene rings is 1. The van der Waals surface area contributed by atoms with E-state index in [-0.39, 0.29) is 35.3 Å². The molecule has 0 amide bonds. The second kappa shape index (κ2) is 5.01. The molecule has 4 rings (SSSR count). The molecule has 0 radical (unpaired) electrons. The van der Waals surface area contributed by atoms with Gasteiger partial charge in [0, 0.05) is 11.3 Å². The molecule has 3 aromatic rings. The number of alkyl halides is 3. The van der Waals surface area contributed by atoms with Gasteiger partial charge in [-0.05, 0) is 19.1 Å². The number of fused-ring (bicyclic) bond motifs is 2. The molecular formula is C14H7F5N4O2. The first-order valence-corrected chi connectivity index (χ1v) is 6.85. The first-order valence-electron chi connectivity index (χ1n) is 6.85. The van der Waals surface area contributed by atoms with E-state index in [0.29, 0.717) is 4.52 Å². The summed E-state index contributed by atoms with van der Waals surface area (Å²) in [7, 11) is 0. The van der Waals surface area contributed by atoms with E-state index in [2.05, 4.69) is 15.1 Å². The minimum atomic E-state index is -4.81. The highest BCUT2D eigenvalue weighted by molar-refractivity contribution is 5.67. The van der Waals surface area contributed by atoms with Crippen LogP contribution in [0.5, 0.6) is 11.5 Å². The lowest BCUT2D eigenvalue weighted by Gasteiger charge is -2.09. The van der Waals surface area contributed by atoms with Crippen LogP contribution in [0.3, 0.4) is 0 Å². The van der Waals surface area contributed by atoms with E-state index in [1.54, 1.807) is 0 Å². The molecule has 0 bridgehead atoms. The highest BCUT2D eigenvalue weighted by Crippen LogP contribution is 2.41. The van der Waals surface area contributed by atoms with Gasteiger partial charge in [-0.3, -0.25) is 0 Å². The molecule has 0 saturated heterocycles. The Morgan fingerprint density at radius 3 is 2.56 bits per heavy atom. The molecule has 0 aliphatic carbocycles. The second-order valence-corrected chi connectivity index (χ2v) is 5.21. The Morgan fingerprint density at radius 1 is 1.08 bits per heavy atom. The topological polar surface area (TPSA) is 61.5 Å². The van der Waals surface area contributed by atoms with Gasteiger partial charge in [0.1, 0.15) is 0 Å². The first kappa shape index (κ1) is 15.5. The van der Waals surface area contributed by atoms with Gasteiger partial charge in [0.2, 0.25) is 18.4 Å². The van der Waals surface area contributed by atoms with Gasteiger partial charge in [0.15, 0.2) is 11.6 Å². The maximum atomic E-state index is 14.4. The zero-order valence-corrected chi connectivity index (χ0v) is 12.4. The number of halogens is 5. The predicted octanol–water partition coefficient (Wildman–Crippen LogP) is 3.13. The van der Waals surface area contributed by atoms with Gasteiger partial charge in [0.05, 0.1) is 5.69 Å². The quantitative estimate of drug-likeness (QED) is 0.626. The van der Waals surface area contributed by atoms with Crippen LogP contribution in [0.4, 0.5) is 22.0 Å². The van der Waals surface area contributed by atoms with Crippen LogP contribution in [0.15, 0.2) is 12.1 Å². The minimum Gasteiger partial charge on any atom is -0.453 e. The molecular weight excluding hydrogens is 351 g/mol. The Morgan fingerprint density at radius 2 is 1.84 bits per heavy atom. The van der Waals surface area contributed by atoms with Crippen LogP contribution in [0.25, 0.3) is 17.0 Å². The summed E-state index contributed by atoms with van der Waals surface area (Å²) in [5, 5.41) is 3.32. The fraction of sp³-hybridized carbons (Fsp3) is 0.214. The van der Waals surface area contributed by atoms with Gasteiger partial charge < -0.3 is 9.47 Å². The van der Waals surface area contributed by atoms with Gasteiger partial charge in [-0.25, -0.2) is 9.37 Å². The van der Waals surface area contributed by atoms with Gasteiger partial charge in [-0.15, -0.1) is 5.10 Å². The monoisotopic (exact) mass is 358 g/mol. The van der Waals surface area contributed by atoms with Crippen molar-refractivity contribution in [1.29, 1.82) is 0 Å². The number of ether oxygens (including phenoxy) is 2. The Bertz CT molecular complexity index is 1010. The van der Waals surface area contributed by atoms with E-state index in [9.17, 15) is 22.0 Å². The van der Waals surface area contributed by atoms with E-state index in [1.807, 2.05) is 0 Å². The smallest absolute Gasteiger partial charge is 0.453 e. The summed E-state index contributed by atoms with van der Waals surface area (Å²) < 4.78 is 77.7. The van der Waals surface area contributed by atoms with Crippen molar-refractivity contribution < 1.29 is 31.4 Å². The minimum absolute atomic E-state index is 0.0623. The molecule has 130 valence electrons. The van der Waals surface area contributed by atoms with Crippen molar-refractivity contribution in [2.24, 2.45) is 0 Å². The van der Waals surface area contributed by atoms with Crippen molar-refractivity contribution in [3.8, 4) is 22.8 Å². The molecule has 3 heterocycles. The van der Waals surface area contributed by atoms with E-state index < -0.39 is 29.4 Å². The lowest BCUT2D eigenvalue weighted by atomic mass is 10.1. The molecule has 0 atom stereocenters. The van der Waals surface area contributed by atoms with E-state index in [4.69, 9.17) is 9.47 Å². The molecule has 6 nitrogen and oxygen atoms in total. The maximum absolute atomic E-state index is 14.4. The van der Waals surface area contributed by atoms with Crippen LogP contribution >= 0.6 is 0 Å². The molecule has 11 heteroatoms. The Kier molecular flexibility index (Phi) is 3.11. The third-order valence-electron chi connectivity index (χ3n) is 3.52. The summed E-state index contributed by atoms with van der Waals surface area (Å²) in [5.74, 6) is -4.89. The molecule has 0 spiro atoms. The molecule has 25 heavy (non-hydrogen) atoms. The molecule has 1 aliphatic rings. The van der Waals surface area contributed by atoms with Crippen molar-refractivity contribution in [2.45, 2.75) is 13.1 Å². The summed E-state index contributed by atoms with van der Waals surface area (Å²) in [6, 6.07) is 2.39. The van der Waals surface area contributed by atoms with Gasteiger partial charge in [0.25, 0.3) is 11.6 Å². The van der Waals surface area contributed by atoms with Crippen LogP contribution in [0, 0.1) is 18.6 Å². The van der Waals surface area contributed by atoms with Crippen LogP contribution in [-0.4, -0.2) is 26.4 Å². The lowest BCUT2D eigenvalue weighted by molar-refractivity contribution is -0.144. The fourth-order valence-electron chi connectivity index (χ4n) is 2.46. The standard InChI is InChI=1S/C14H7F5N4O2/c1-5-2-7(23-13(20-5)21-12(22-23)14(17,18)19)6-3-8-11(25-4-24-8)10(16)9(6)15/h2-3H,4H2,1H3. The number of aromatic nitrogens is 4. The molecule has 1 aliphatic heterocycles. The third kappa shape index (κ3) is 2.34. The third-order valence-corrected chi connectivity index (χ3v) is 3.52. The highest BCUT2D eigenvalue weighted by Gasteiger charge is 2.37. The van der Waals surface area contributed by atoms with Crippen LogP contribution in [-0.2, 0) is 6.18 Å². The van der Waals surface area contributed by atoms with Crippen molar-refractivity contribution in [3.63, 3.8) is 0 Å². The average Bonchev–Trinajstić information content (AvgIpc) is 3.15. The maximum Gasteiger partial charge on any atom is 0.453 e. The average molecular weight is 358 g/mol. The molecule has 1 aromatic carbocycles. The first-order chi connectivity index (χ1) is 11.8. The van der Waals surface area contributed by atoms with Crippen LogP contribution in [0.2, 0.25) is 0 Å². The summed E-state index contributed by atoms with van der Waals surface area (Å²) in [5.41, 5.74) is -0.253. The Balaban J connectivity index is 2.02. The molecule has 0 unspecified atom stereocenters. The predicted molar refractivity (Wildman–Crippen MR) is 72.0 cm³/mol. The summed E-state index contributed by atoms with van der Waals surface area (Å²) in [6.07, 6.45) is -4.81. The van der Waals surface area contributed by atoms with E-state index in [0.717, 1.165) is 6.07 Å². The van der Waals surface area contributed by atoms with Crippen LogP contribution in [0.1, 0.15) is 11.5 Å². The van der Waals surface area contributed by atoms with E-state index in [1.165, 1.54) is 13.0 Å². The van der Waals surface area contributed by atoms with Crippen molar-refractivity contribution in [3.05, 3.63) is 35.3 Å². The number of rotatable bonds is 1. The Labute approximate surface area is 135 Å². The molecule has 0 saturated carbocycles. The summed E-state index contributed by atoms with van der Waals surface area (Å²) in [4.78, 5) is 7.14. The van der Waals surface area contributed by atoms with Crippen molar-refractivity contribution >= 4 is 5.78 Å². The van der Waals surface area contributed by atoms with E-state index >= 15 is 0 Å². The largest absolute Gasteiger partial charge is 0.453 e.